The zero-order valence-corrected chi connectivity index (χ0v) is 84.8. The summed E-state index contributed by atoms with van der Waals surface area (Å²) < 4.78 is 255. The highest BCUT2D eigenvalue weighted by molar-refractivity contribution is 5.93. The molecular weight excluding hydrogens is 1790 g/mol. The second-order valence-corrected chi connectivity index (χ2v) is 40.3. The Bertz CT molecular complexity index is 9800. The molecule has 24 aromatic rings. The number of rotatable bonds is 22. The molecular formula is C141H133N7. The third kappa shape index (κ3) is 19.8. The number of aromatic nitrogens is 7. The summed E-state index contributed by atoms with van der Waals surface area (Å²) in [6, 6.07) is 115. The van der Waals surface area contributed by atoms with E-state index in [0.717, 1.165) is 93.7 Å². The minimum absolute atomic E-state index is 0.0536. The number of hydrogen-bond donors (Lipinski definition) is 0. The number of benzene rings is 17. The van der Waals surface area contributed by atoms with Crippen molar-refractivity contribution in [2.75, 3.05) is 0 Å². The van der Waals surface area contributed by atoms with Crippen LogP contribution in [0.3, 0.4) is 0 Å². The minimum Gasteiger partial charge on any atom is -0.316 e. The smallest absolute Gasteiger partial charge is 0.0826 e. The topological polar surface area (TPSA) is 34.5 Å². The van der Waals surface area contributed by atoms with Gasteiger partial charge in [-0.3, -0.25) is 0 Å². The van der Waals surface area contributed by atoms with Crippen molar-refractivity contribution >= 4 is 76.3 Å². The molecule has 0 amide bonds. The van der Waals surface area contributed by atoms with Crippen LogP contribution in [0.2, 0.25) is 0 Å². The van der Waals surface area contributed by atoms with Crippen LogP contribution in [-0.4, -0.2) is 32.0 Å². The molecule has 0 aliphatic heterocycles. The lowest BCUT2D eigenvalue weighted by atomic mass is 9.78. The molecule has 0 aliphatic carbocycles. The summed E-state index contributed by atoms with van der Waals surface area (Å²) in [5.74, 6) is 1.38. The summed E-state index contributed by atoms with van der Waals surface area (Å²) in [5, 5.41) is 6.88. The molecule has 0 saturated heterocycles. The van der Waals surface area contributed by atoms with E-state index in [1.807, 2.05) is 182 Å². The van der Waals surface area contributed by atoms with E-state index in [9.17, 15) is 0 Å². The molecule has 148 heavy (non-hydrogen) atoms. The molecule has 0 bridgehead atoms. The Hall–Kier alpha value is -16.5. The summed E-state index contributed by atoms with van der Waals surface area (Å²) in [4.78, 5) is 0. The number of para-hydroxylation sites is 7. The van der Waals surface area contributed by atoms with Crippen molar-refractivity contribution in [3.05, 3.63) is 557 Å². The van der Waals surface area contributed by atoms with E-state index in [1.54, 1.807) is 69.3 Å². The summed E-state index contributed by atoms with van der Waals surface area (Å²) in [6.45, 7) is 11.1. The van der Waals surface area contributed by atoms with Gasteiger partial charge in [-0.15, -0.1) is 0 Å². The van der Waals surface area contributed by atoms with Gasteiger partial charge >= 0.3 is 0 Å². The summed E-state index contributed by atoms with van der Waals surface area (Å²) >= 11 is 0. The van der Waals surface area contributed by atoms with Crippen molar-refractivity contribution in [2.45, 2.75) is 163 Å². The monoisotopic (exact) mass is 1950 g/mol. The first kappa shape index (κ1) is 69.5. The van der Waals surface area contributed by atoms with Gasteiger partial charge in [0.2, 0.25) is 0 Å². The van der Waals surface area contributed by atoms with E-state index in [0.29, 0.717) is 47.6 Å². The molecule has 0 saturated carbocycles. The van der Waals surface area contributed by atoms with Gasteiger partial charge in [0, 0.05) is 162 Å². The Morgan fingerprint density at radius 3 is 0.973 bits per heavy atom. The van der Waals surface area contributed by atoms with Crippen molar-refractivity contribution < 1.29 is 38.4 Å². The molecule has 7 aromatic heterocycles. The van der Waals surface area contributed by atoms with Crippen LogP contribution < -0.4 is 0 Å². The lowest BCUT2D eigenvalue weighted by Gasteiger charge is -2.27. The molecule has 0 spiro atoms. The average Bonchev–Trinajstić information content (AvgIpc) is 1.63. The Morgan fingerprint density at radius 1 is 0.270 bits per heavy atom. The van der Waals surface area contributed by atoms with Crippen LogP contribution in [-0.2, 0) is 35.5 Å². The first-order valence-corrected chi connectivity index (χ1v) is 50.6. The van der Waals surface area contributed by atoms with E-state index in [4.69, 9.17) is 38.4 Å². The van der Waals surface area contributed by atoms with Gasteiger partial charge in [-0.2, -0.15) is 0 Å². The second kappa shape index (κ2) is 41.6. The van der Waals surface area contributed by atoms with Crippen LogP contribution >= 0.6 is 0 Å². The van der Waals surface area contributed by atoms with Gasteiger partial charge in [0.1, 0.15) is 0 Å². The Kier molecular flexibility index (Phi) is 19.5. The quantitative estimate of drug-likeness (QED) is 0.0648. The Morgan fingerprint density at radius 2 is 0.601 bits per heavy atom. The molecule has 7 nitrogen and oxygen atoms in total. The standard InChI is InChI=1S/C45H38N2.C37H38N2.C35H34N2.C24H23N/c1-45(2,37-21-25-39(26-22-37)46-41(29-33-13-5-3-6-14-33)31-35-17-9-11-19-43(35)46)38-23-27-40(28-24-38)47-42(30-34-15-7-4-8-16-34)32-36-18-10-12-20-44(36)47;1-25(2)33-23-38(35-13-9-7-11-31(33)35)29-19-15-27(16-20-29)37(5,6)28-17-21-30(22-18-28)39-24-34(26(3)4)32-12-8-10-14-36(32)39;1-24(2)34-22-28-9-5-7-11-32(28)36(34)30-17-13-26(14-18-30)21-27-15-19-31(20-16-27)37-33-12-8-6-10-29(33)23-35(37)25(3)4;1-24(2,3)22-17-25(20-12-8-5-9-13-20)23-15-14-19(16-21(22)23)18-10-6-4-7-11-18/h3-28,31-32H,29-30H2,1-2H3;7-26H,1-6H3;5-20,22-25H,21H2,1-4H3;4-17H,1-3H3/i1D3,2D3;5D3,6D3;21D2;4D,5D,6D,7D,8D,9D,10D,11D,12D,13D,14D,15D,16D,17D. The highest BCUT2D eigenvalue weighted by Crippen LogP contribution is 2.43. The highest BCUT2D eigenvalue weighted by Gasteiger charge is 2.29. The summed E-state index contributed by atoms with van der Waals surface area (Å²) in [6.07, 6.45) is 3.63. The van der Waals surface area contributed by atoms with Gasteiger partial charge in [0.05, 0.1) is 57.8 Å². The fourth-order valence-electron chi connectivity index (χ4n) is 20.3. The maximum Gasteiger partial charge on any atom is 0.0826 e. The molecule has 17 aromatic carbocycles. The molecule has 24 rings (SSSR count). The molecule has 0 fully saturated rings. The summed E-state index contributed by atoms with van der Waals surface area (Å²) in [5.41, 5.74) is 16.8. The average molecular weight is 1950 g/mol. The van der Waals surface area contributed by atoms with Crippen molar-refractivity contribution in [1.82, 2.24) is 32.0 Å². The van der Waals surface area contributed by atoms with Crippen LogP contribution in [0.25, 0.3) is 127 Å². The molecule has 0 atom stereocenters. The number of nitrogens with zero attached hydrogens (tertiary/aromatic N) is 7. The van der Waals surface area contributed by atoms with Crippen molar-refractivity contribution in [2.24, 2.45) is 0 Å². The van der Waals surface area contributed by atoms with Gasteiger partial charge < -0.3 is 32.0 Å². The van der Waals surface area contributed by atoms with E-state index >= 15 is 0 Å². The van der Waals surface area contributed by atoms with E-state index in [2.05, 4.69) is 241 Å². The van der Waals surface area contributed by atoms with Crippen molar-refractivity contribution in [3.63, 3.8) is 0 Å². The first-order valence-electron chi connectivity index (χ1n) is 64.6. The largest absolute Gasteiger partial charge is 0.316 e. The van der Waals surface area contributed by atoms with Crippen LogP contribution in [0, 0.1) is 0 Å². The first-order chi connectivity index (χ1) is 83.4. The fraction of sp³-hybridized carbons (Fsp3) is 0.177. The molecule has 0 aliphatic rings. The van der Waals surface area contributed by atoms with Gasteiger partial charge in [0.15, 0.2) is 0 Å². The van der Waals surface area contributed by atoms with E-state index in [1.165, 1.54) is 55.4 Å². The normalized spacial score (nSPS) is 15.1. The molecule has 7 heterocycles. The number of fused-ring (bicyclic) bond motifs is 7. The lowest BCUT2D eigenvalue weighted by molar-refractivity contribution is 0.594. The van der Waals surface area contributed by atoms with Gasteiger partial charge in [-0.05, 0) is 265 Å². The maximum absolute atomic E-state index is 9.09. The Balaban J connectivity index is 0.000000133. The second-order valence-electron chi connectivity index (χ2n) is 40.3. The van der Waals surface area contributed by atoms with Crippen molar-refractivity contribution in [1.29, 1.82) is 0 Å². The fourth-order valence-corrected chi connectivity index (χ4v) is 20.3. The van der Waals surface area contributed by atoms with Crippen LogP contribution in [0.5, 0.6) is 0 Å². The predicted octanol–water partition coefficient (Wildman–Crippen LogP) is 37.2. The zero-order valence-electron chi connectivity index (χ0n) is 113. The SMILES string of the molecule is [2H]C([2H])([2H])C(c1ccc(-n2c(Cc3ccccc3)cc3ccccc32)cc1)(c1ccc(-n2c(Cc3ccccc3)cc3ccccc32)cc1)C([2H])([2H])[2H].[2H]C([2H])([2H])C(c1ccc(-n2cc(C(C)C)c3ccccc32)cc1)(c1ccc(-n2cc(C(C)C)c3ccccc32)cc1)C([2H])([2H])[2H].[2H]C([2H])(c1ccc(-n2c(C(C)C)cc3ccccc32)cc1)c1ccc(-n2c(C(C)C)cc3ccccc32)cc1.[2H]c1c([2H])c([2H])c(-c2c([2H])c([2H])c3c(c2[2H])c(C(C)(C)C)c([2H])n3-c2c([2H])c([2H])c([2H])c([2H])c2[2H])c([2H])c1[2H]. The minimum atomic E-state index is -2.90. The zero-order chi connectivity index (χ0) is 126. The predicted molar refractivity (Wildman–Crippen MR) is 629 cm³/mol. The van der Waals surface area contributed by atoms with Gasteiger partial charge in [-0.25, -0.2) is 0 Å². The lowest BCUT2D eigenvalue weighted by Crippen LogP contribution is -2.19. The van der Waals surface area contributed by atoms with Crippen LogP contribution in [0.15, 0.2) is 473 Å². The Labute approximate surface area is 913 Å². The molecule has 0 radical (unpaired) electrons. The van der Waals surface area contributed by atoms with Gasteiger partial charge in [-0.1, -0.05) is 401 Å². The molecule has 0 N–H and O–H groups in total. The third-order valence-electron chi connectivity index (χ3n) is 27.9. The third-order valence-corrected chi connectivity index (χ3v) is 27.9. The molecule has 7 heteroatoms. The molecule has 0 unspecified atom stereocenters. The molecule has 732 valence electrons. The maximum atomic E-state index is 9.09. The van der Waals surface area contributed by atoms with E-state index in [-0.39, 0.29) is 44.9 Å². The van der Waals surface area contributed by atoms with Crippen molar-refractivity contribution in [3.8, 4) is 50.9 Å². The van der Waals surface area contributed by atoms with Gasteiger partial charge in [0.25, 0.3) is 0 Å². The van der Waals surface area contributed by atoms with Crippen LogP contribution in [0.1, 0.15) is 250 Å². The summed E-state index contributed by atoms with van der Waals surface area (Å²) in [7, 11) is 0. The van der Waals surface area contributed by atoms with E-state index < -0.39 is 145 Å². The highest BCUT2D eigenvalue weighted by atomic mass is 15.0. The van der Waals surface area contributed by atoms with Crippen LogP contribution in [0.4, 0.5) is 0 Å². The number of hydrogen-bond acceptors (Lipinski definition) is 0.